The van der Waals surface area contributed by atoms with E-state index in [2.05, 4.69) is 26.6 Å². The molecule has 1 aromatic heterocycles. The number of anilines is 1. The fourth-order valence-electron chi connectivity index (χ4n) is 2.61. The van der Waals surface area contributed by atoms with Crippen LogP contribution in [0.4, 0.5) is 5.69 Å². The van der Waals surface area contributed by atoms with E-state index in [9.17, 15) is 14.4 Å². The highest BCUT2D eigenvalue weighted by atomic mass is 79.9. The number of hydrogen-bond acceptors (Lipinski definition) is 4. The summed E-state index contributed by atoms with van der Waals surface area (Å²) in [6.07, 6.45) is 0.473. The van der Waals surface area contributed by atoms with E-state index >= 15 is 0 Å². The van der Waals surface area contributed by atoms with Crippen molar-refractivity contribution in [1.82, 2.24) is 5.32 Å². The van der Waals surface area contributed by atoms with Crippen molar-refractivity contribution in [3.63, 3.8) is 0 Å². The zero-order valence-electron chi connectivity index (χ0n) is 15.6. The Morgan fingerprint density at radius 3 is 2.41 bits per heavy atom. The molecule has 1 aromatic carbocycles. The van der Waals surface area contributed by atoms with Gasteiger partial charge < -0.3 is 10.6 Å². The highest BCUT2D eigenvalue weighted by Crippen LogP contribution is 2.22. The van der Waals surface area contributed by atoms with Crippen LogP contribution in [0.25, 0.3) is 0 Å². The van der Waals surface area contributed by atoms with Crippen molar-refractivity contribution in [2.75, 3.05) is 11.9 Å². The molecule has 0 aliphatic rings. The Labute approximate surface area is 171 Å². The van der Waals surface area contributed by atoms with Crippen molar-refractivity contribution < 1.29 is 14.4 Å². The van der Waals surface area contributed by atoms with Gasteiger partial charge in [-0.25, -0.2) is 0 Å². The molecule has 0 saturated carbocycles. The molecule has 2 aromatic rings. The number of amides is 2. The molecule has 0 fully saturated rings. The third kappa shape index (κ3) is 6.59. The average molecular weight is 451 g/mol. The molecule has 0 atom stereocenters. The number of Topliss-reactive ketones (excluding diaryl/α,β-unsaturated/α-hetero) is 1. The summed E-state index contributed by atoms with van der Waals surface area (Å²) >= 11 is 4.96. The minimum absolute atomic E-state index is 0.0186. The Morgan fingerprint density at radius 2 is 1.74 bits per heavy atom. The van der Waals surface area contributed by atoms with Crippen LogP contribution in [-0.2, 0) is 9.59 Å². The summed E-state index contributed by atoms with van der Waals surface area (Å²) < 4.78 is 0.887. The van der Waals surface area contributed by atoms with Crippen LogP contribution in [0.1, 0.15) is 44.9 Å². The second kappa shape index (κ2) is 9.80. The summed E-state index contributed by atoms with van der Waals surface area (Å²) in [4.78, 5) is 38.2. The second-order valence-electron chi connectivity index (χ2n) is 6.36. The molecule has 5 nitrogen and oxygen atoms in total. The minimum atomic E-state index is -0.223. The second-order valence-corrected chi connectivity index (χ2v) is 8.73. The molecule has 2 rings (SSSR count). The summed E-state index contributed by atoms with van der Waals surface area (Å²) in [6, 6.07) is 7.53. The number of halogens is 1. The molecule has 144 valence electrons. The monoisotopic (exact) mass is 450 g/mol. The quantitative estimate of drug-likeness (QED) is 0.579. The van der Waals surface area contributed by atoms with Crippen LogP contribution < -0.4 is 10.6 Å². The number of benzene rings is 1. The molecule has 1 heterocycles. The Kier molecular flexibility index (Phi) is 7.74. The standard InChI is InChI=1S/C20H23BrN2O3S/c1-12-4-5-15(21)11-17(12)23-20(26)8-9-22-19(25)7-6-18(24)16-10-13(2)27-14(16)3/h4-5,10-11H,6-9H2,1-3H3,(H,22,25)(H,23,26). The third-order valence-corrected chi connectivity index (χ3v) is 5.53. The molecular formula is C20H23BrN2O3S. The highest BCUT2D eigenvalue weighted by Gasteiger charge is 2.14. The molecule has 0 aliphatic carbocycles. The maximum Gasteiger partial charge on any atom is 0.226 e. The molecule has 0 saturated heterocycles. The lowest BCUT2D eigenvalue weighted by atomic mass is 10.1. The van der Waals surface area contributed by atoms with Crippen molar-refractivity contribution in [2.24, 2.45) is 0 Å². The molecule has 0 aliphatic heterocycles. The lowest BCUT2D eigenvalue weighted by Crippen LogP contribution is -2.28. The molecule has 2 amide bonds. The van der Waals surface area contributed by atoms with E-state index in [0.717, 1.165) is 25.5 Å². The Balaban J connectivity index is 1.71. The fourth-order valence-corrected chi connectivity index (χ4v) is 3.92. The molecule has 27 heavy (non-hydrogen) atoms. The van der Waals surface area contributed by atoms with Crippen LogP contribution >= 0.6 is 27.3 Å². The third-order valence-electron chi connectivity index (χ3n) is 4.07. The largest absolute Gasteiger partial charge is 0.356 e. The molecule has 0 radical (unpaired) electrons. The van der Waals surface area contributed by atoms with E-state index < -0.39 is 0 Å². The number of carbonyl (C=O) groups excluding carboxylic acids is 3. The van der Waals surface area contributed by atoms with E-state index in [4.69, 9.17) is 0 Å². The molecule has 2 N–H and O–H groups in total. The van der Waals surface area contributed by atoms with Gasteiger partial charge in [0, 0.05) is 51.3 Å². The van der Waals surface area contributed by atoms with Gasteiger partial charge in [-0.3, -0.25) is 14.4 Å². The van der Waals surface area contributed by atoms with Gasteiger partial charge in [0.2, 0.25) is 11.8 Å². The van der Waals surface area contributed by atoms with Gasteiger partial charge in [-0.15, -0.1) is 11.3 Å². The molecule has 0 spiro atoms. The van der Waals surface area contributed by atoms with E-state index in [1.807, 2.05) is 45.0 Å². The van der Waals surface area contributed by atoms with Crippen molar-refractivity contribution >= 4 is 50.6 Å². The number of hydrogen-bond donors (Lipinski definition) is 2. The predicted molar refractivity (Wildman–Crippen MR) is 112 cm³/mol. The highest BCUT2D eigenvalue weighted by molar-refractivity contribution is 9.10. The van der Waals surface area contributed by atoms with Crippen LogP contribution in [0.15, 0.2) is 28.7 Å². The zero-order valence-corrected chi connectivity index (χ0v) is 18.1. The van der Waals surface area contributed by atoms with E-state index in [1.54, 1.807) is 11.3 Å². The van der Waals surface area contributed by atoms with E-state index in [0.29, 0.717) is 5.56 Å². The average Bonchev–Trinajstić information content (AvgIpc) is 2.94. The van der Waals surface area contributed by atoms with Crippen molar-refractivity contribution in [3.8, 4) is 0 Å². The van der Waals surface area contributed by atoms with E-state index in [1.165, 1.54) is 0 Å². The summed E-state index contributed by atoms with van der Waals surface area (Å²) in [5.41, 5.74) is 2.41. The van der Waals surface area contributed by atoms with Gasteiger partial charge in [0.05, 0.1) is 0 Å². The number of nitrogens with one attached hydrogen (secondary N) is 2. The number of rotatable bonds is 8. The lowest BCUT2D eigenvalue weighted by Gasteiger charge is -2.09. The topological polar surface area (TPSA) is 75.3 Å². The van der Waals surface area contributed by atoms with Crippen LogP contribution in [0.5, 0.6) is 0 Å². The number of carbonyl (C=O) groups is 3. The number of ketones is 1. The molecule has 7 heteroatoms. The first-order valence-electron chi connectivity index (χ1n) is 8.69. The van der Waals surface area contributed by atoms with Gasteiger partial charge in [-0.2, -0.15) is 0 Å². The summed E-state index contributed by atoms with van der Waals surface area (Å²) in [7, 11) is 0. The number of thiophene rings is 1. The van der Waals surface area contributed by atoms with Crippen LogP contribution in [0.2, 0.25) is 0 Å². The predicted octanol–water partition coefficient (Wildman–Crippen LogP) is 4.54. The summed E-state index contributed by atoms with van der Waals surface area (Å²) in [5, 5.41) is 5.53. The number of aryl methyl sites for hydroxylation is 3. The first kappa shape index (κ1) is 21.3. The van der Waals surface area contributed by atoms with Gasteiger partial charge in [-0.1, -0.05) is 22.0 Å². The maximum absolute atomic E-state index is 12.2. The van der Waals surface area contributed by atoms with Gasteiger partial charge in [0.25, 0.3) is 0 Å². The molecule has 0 unspecified atom stereocenters. The van der Waals surface area contributed by atoms with Gasteiger partial charge in [0.1, 0.15) is 0 Å². The summed E-state index contributed by atoms with van der Waals surface area (Å²) in [5.74, 6) is -0.411. The van der Waals surface area contributed by atoms with Gasteiger partial charge in [-0.05, 0) is 44.5 Å². The molecule has 0 bridgehead atoms. The normalized spacial score (nSPS) is 10.5. The van der Waals surface area contributed by atoms with E-state index in [-0.39, 0.29) is 43.4 Å². The first-order chi connectivity index (χ1) is 12.8. The first-order valence-corrected chi connectivity index (χ1v) is 10.3. The minimum Gasteiger partial charge on any atom is -0.356 e. The molecular weight excluding hydrogens is 428 g/mol. The van der Waals surface area contributed by atoms with Crippen molar-refractivity contribution in [2.45, 2.75) is 40.0 Å². The lowest BCUT2D eigenvalue weighted by molar-refractivity contribution is -0.121. The van der Waals surface area contributed by atoms with Crippen LogP contribution in [0.3, 0.4) is 0 Å². The van der Waals surface area contributed by atoms with Gasteiger partial charge >= 0.3 is 0 Å². The van der Waals surface area contributed by atoms with Crippen molar-refractivity contribution in [1.29, 1.82) is 0 Å². The fraction of sp³-hybridized carbons (Fsp3) is 0.350. The Hall–Kier alpha value is -1.99. The van der Waals surface area contributed by atoms with Crippen LogP contribution in [0, 0.1) is 20.8 Å². The Morgan fingerprint density at radius 1 is 1.00 bits per heavy atom. The van der Waals surface area contributed by atoms with Crippen molar-refractivity contribution in [3.05, 3.63) is 49.6 Å². The van der Waals surface area contributed by atoms with Crippen LogP contribution in [-0.4, -0.2) is 24.1 Å². The maximum atomic E-state index is 12.2. The zero-order chi connectivity index (χ0) is 20.0. The van der Waals surface area contributed by atoms with Gasteiger partial charge in [0.15, 0.2) is 5.78 Å². The summed E-state index contributed by atoms with van der Waals surface area (Å²) in [6.45, 7) is 6.03. The SMILES string of the molecule is Cc1cc(C(=O)CCC(=O)NCCC(=O)Nc2cc(Br)ccc2C)c(C)s1. The smallest absolute Gasteiger partial charge is 0.226 e. The Bertz CT molecular complexity index is 861.